The van der Waals surface area contributed by atoms with E-state index in [9.17, 15) is 9.50 Å². The van der Waals surface area contributed by atoms with Gasteiger partial charge in [0.1, 0.15) is 11.6 Å². The van der Waals surface area contributed by atoms with E-state index in [1.165, 1.54) is 19.2 Å². The number of fused-ring (bicyclic) bond motifs is 1. The van der Waals surface area contributed by atoms with Crippen molar-refractivity contribution >= 4 is 22.5 Å². The fourth-order valence-corrected chi connectivity index (χ4v) is 3.02. The maximum Gasteiger partial charge on any atom is 0.317 e. The first-order chi connectivity index (χ1) is 11.6. The normalized spacial score (nSPS) is 14.1. The minimum Gasteiger partial charge on any atom is -0.508 e. The SMILES string of the molecule is COc1nc(-c2ccc(F)c(Cl)c2)c2cc(C3CC3)c(O)cc2n1. The lowest BCUT2D eigenvalue weighted by Crippen LogP contribution is -1.97. The standard InChI is InChI=1S/C18H14ClFN2O2/c1-24-18-21-15-8-16(23)11(9-2-3-9)7-12(15)17(22-18)10-4-5-14(20)13(19)6-10/h4-9,23H,2-3H2,1H3. The molecule has 0 spiro atoms. The number of methoxy groups -OCH3 is 1. The molecule has 4 nitrogen and oxygen atoms in total. The number of hydrogen-bond donors (Lipinski definition) is 1. The van der Waals surface area contributed by atoms with Crippen molar-refractivity contribution < 1.29 is 14.2 Å². The first-order valence-electron chi connectivity index (χ1n) is 7.61. The van der Waals surface area contributed by atoms with Crippen LogP contribution in [0, 0.1) is 5.82 Å². The average Bonchev–Trinajstić information content (AvgIpc) is 3.40. The van der Waals surface area contributed by atoms with Gasteiger partial charge in [-0.2, -0.15) is 9.97 Å². The van der Waals surface area contributed by atoms with Gasteiger partial charge < -0.3 is 9.84 Å². The molecule has 1 fully saturated rings. The van der Waals surface area contributed by atoms with Crippen molar-refractivity contribution in [1.82, 2.24) is 9.97 Å². The number of hydrogen-bond acceptors (Lipinski definition) is 4. The van der Waals surface area contributed by atoms with Gasteiger partial charge in [0.05, 0.1) is 23.3 Å². The van der Waals surface area contributed by atoms with Crippen LogP contribution >= 0.6 is 11.6 Å². The van der Waals surface area contributed by atoms with E-state index >= 15 is 0 Å². The average molecular weight is 345 g/mol. The highest BCUT2D eigenvalue weighted by molar-refractivity contribution is 6.31. The molecule has 0 aliphatic heterocycles. The Balaban J connectivity index is 2.00. The second-order valence-corrected chi connectivity index (χ2v) is 6.30. The van der Waals surface area contributed by atoms with Crippen molar-refractivity contribution in [3.05, 3.63) is 46.7 Å². The summed E-state index contributed by atoms with van der Waals surface area (Å²) in [4.78, 5) is 8.72. The Morgan fingerprint density at radius 2 is 2.00 bits per heavy atom. The molecule has 24 heavy (non-hydrogen) atoms. The second kappa shape index (κ2) is 5.60. The summed E-state index contributed by atoms with van der Waals surface area (Å²) in [5, 5.41) is 11.1. The number of nitrogens with zero attached hydrogens (tertiary/aromatic N) is 2. The number of phenols is 1. The zero-order valence-corrected chi connectivity index (χ0v) is 13.6. The highest BCUT2D eigenvalue weighted by Crippen LogP contribution is 2.46. The van der Waals surface area contributed by atoms with Crippen LogP contribution in [-0.2, 0) is 0 Å². The Bertz CT molecular complexity index is 957. The van der Waals surface area contributed by atoms with E-state index in [0.717, 1.165) is 23.8 Å². The quantitative estimate of drug-likeness (QED) is 0.749. The minimum atomic E-state index is -0.484. The maximum absolute atomic E-state index is 13.5. The molecule has 0 atom stereocenters. The molecule has 0 bridgehead atoms. The summed E-state index contributed by atoms with van der Waals surface area (Å²) in [6.07, 6.45) is 2.13. The van der Waals surface area contributed by atoms with Crippen LogP contribution < -0.4 is 4.74 Å². The zero-order valence-electron chi connectivity index (χ0n) is 12.9. The van der Waals surface area contributed by atoms with Crippen molar-refractivity contribution in [2.75, 3.05) is 7.11 Å². The Morgan fingerprint density at radius 1 is 1.21 bits per heavy atom. The van der Waals surface area contributed by atoms with E-state index in [2.05, 4.69) is 9.97 Å². The van der Waals surface area contributed by atoms with E-state index in [1.54, 1.807) is 12.1 Å². The number of benzene rings is 2. The number of aromatic hydroxyl groups is 1. The van der Waals surface area contributed by atoms with E-state index in [4.69, 9.17) is 16.3 Å². The van der Waals surface area contributed by atoms with Gasteiger partial charge in [-0.15, -0.1) is 0 Å². The Kier molecular flexibility index (Phi) is 3.53. The van der Waals surface area contributed by atoms with Crippen LogP contribution in [0.25, 0.3) is 22.2 Å². The summed E-state index contributed by atoms with van der Waals surface area (Å²) in [7, 11) is 1.47. The predicted molar refractivity (Wildman–Crippen MR) is 90.1 cm³/mol. The van der Waals surface area contributed by atoms with Crippen LogP contribution in [0.5, 0.6) is 11.8 Å². The van der Waals surface area contributed by atoms with Gasteiger partial charge in [0.2, 0.25) is 0 Å². The van der Waals surface area contributed by atoms with Gasteiger partial charge in [-0.3, -0.25) is 0 Å². The lowest BCUT2D eigenvalue weighted by molar-refractivity contribution is 0.382. The molecule has 0 unspecified atom stereocenters. The predicted octanol–water partition coefficient (Wildman–Crippen LogP) is 4.68. The molecule has 0 amide bonds. The third-order valence-electron chi connectivity index (χ3n) is 4.22. The molecule has 4 rings (SSSR count). The summed E-state index contributed by atoms with van der Waals surface area (Å²) in [5.74, 6) is 0.122. The largest absolute Gasteiger partial charge is 0.508 e. The number of halogens is 2. The molecule has 3 aromatic rings. The third kappa shape index (κ3) is 2.55. The van der Waals surface area contributed by atoms with Gasteiger partial charge in [0.15, 0.2) is 0 Å². The van der Waals surface area contributed by atoms with Crippen LogP contribution in [0.2, 0.25) is 5.02 Å². The fraction of sp³-hybridized carbons (Fsp3) is 0.222. The molecule has 0 radical (unpaired) electrons. The fourth-order valence-electron chi connectivity index (χ4n) is 2.84. The Morgan fingerprint density at radius 3 is 2.67 bits per heavy atom. The molecule has 1 heterocycles. The van der Waals surface area contributed by atoms with Crippen molar-refractivity contribution in [3.8, 4) is 23.0 Å². The molecule has 122 valence electrons. The summed E-state index contributed by atoms with van der Waals surface area (Å²) in [6.45, 7) is 0. The highest BCUT2D eigenvalue weighted by Gasteiger charge is 2.27. The van der Waals surface area contributed by atoms with E-state index in [-0.39, 0.29) is 16.8 Å². The molecule has 0 saturated heterocycles. The number of aromatic nitrogens is 2. The molecule has 1 aromatic heterocycles. The smallest absolute Gasteiger partial charge is 0.317 e. The van der Waals surface area contributed by atoms with Crippen molar-refractivity contribution in [3.63, 3.8) is 0 Å². The highest BCUT2D eigenvalue weighted by atomic mass is 35.5. The van der Waals surface area contributed by atoms with Gasteiger partial charge in [-0.1, -0.05) is 11.6 Å². The Hall–Kier alpha value is -2.40. The van der Waals surface area contributed by atoms with Gasteiger partial charge in [-0.25, -0.2) is 4.39 Å². The van der Waals surface area contributed by atoms with Crippen molar-refractivity contribution in [1.29, 1.82) is 0 Å². The molecule has 1 aliphatic carbocycles. The van der Waals surface area contributed by atoms with Crippen LogP contribution in [0.4, 0.5) is 4.39 Å². The summed E-state index contributed by atoms with van der Waals surface area (Å²) in [6, 6.07) is 8.17. The van der Waals surface area contributed by atoms with Crippen LogP contribution in [0.1, 0.15) is 24.3 Å². The summed E-state index contributed by atoms with van der Waals surface area (Å²) < 4.78 is 18.6. The van der Waals surface area contributed by atoms with Gasteiger partial charge in [0, 0.05) is 17.0 Å². The van der Waals surface area contributed by atoms with E-state index in [1.807, 2.05) is 6.07 Å². The number of phenolic OH excluding ortho intramolecular Hbond substituents is 1. The molecule has 2 aromatic carbocycles. The van der Waals surface area contributed by atoms with Crippen molar-refractivity contribution in [2.45, 2.75) is 18.8 Å². The number of ether oxygens (including phenoxy) is 1. The molecular formula is C18H14ClFN2O2. The van der Waals surface area contributed by atoms with Crippen LogP contribution in [0.15, 0.2) is 30.3 Å². The van der Waals surface area contributed by atoms with E-state index in [0.29, 0.717) is 22.7 Å². The minimum absolute atomic E-state index is 0.0272. The molecule has 1 N–H and O–H groups in total. The monoisotopic (exact) mass is 344 g/mol. The zero-order chi connectivity index (χ0) is 16.8. The van der Waals surface area contributed by atoms with Gasteiger partial charge in [-0.05, 0) is 48.6 Å². The first-order valence-corrected chi connectivity index (χ1v) is 7.98. The topological polar surface area (TPSA) is 55.2 Å². The molecular weight excluding hydrogens is 331 g/mol. The maximum atomic E-state index is 13.5. The Labute approximate surface area is 142 Å². The van der Waals surface area contributed by atoms with Crippen LogP contribution in [-0.4, -0.2) is 22.2 Å². The second-order valence-electron chi connectivity index (χ2n) is 5.89. The van der Waals surface area contributed by atoms with Crippen LogP contribution in [0.3, 0.4) is 0 Å². The summed E-state index contributed by atoms with van der Waals surface area (Å²) >= 11 is 5.92. The molecule has 6 heteroatoms. The number of rotatable bonds is 3. The first kappa shape index (κ1) is 15.1. The van der Waals surface area contributed by atoms with Crippen molar-refractivity contribution in [2.24, 2.45) is 0 Å². The molecule has 1 saturated carbocycles. The van der Waals surface area contributed by atoms with E-state index < -0.39 is 5.82 Å². The molecule has 1 aliphatic rings. The van der Waals surface area contributed by atoms with Gasteiger partial charge >= 0.3 is 6.01 Å². The lowest BCUT2D eigenvalue weighted by atomic mass is 10.0. The van der Waals surface area contributed by atoms with Gasteiger partial charge in [0.25, 0.3) is 0 Å². The lowest BCUT2D eigenvalue weighted by Gasteiger charge is -2.11. The summed E-state index contributed by atoms with van der Waals surface area (Å²) in [5.41, 5.74) is 2.73. The third-order valence-corrected chi connectivity index (χ3v) is 4.51.